The fraction of sp³-hybridized carbons (Fsp3) is 0.869. The number of amides is 1. The SMILES string of the molecule is CCCCCCCCCCC/C=C/C(O)C(CO)NC(=O)CCCCCCCCCCCCC/C=C\C/C=C\CCCCCCCCCCCOC(=O)CCCCCCCCCCCCCC. The highest BCUT2D eigenvalue weighted by atomic mass is 16.5. The van der Waals surface area contributed by atoms with Crippen molar-refractivity contribution in [3.05, 3.63) is 36.5 Å². The Labute approximate surface area is 417 Å². The molecule has 0 rings (SSSR count). The number of hydrogen-bond acceptors (Lipinski definition) is 5. The zero-order valence-corrected chi connectivity index (χ0v) is 44.9. The fourth-order valence-corrected chi connectivity index (χ4v) is 9.08. The Balaban J connectivity index is 3.42. The van der Waals surface area contributed by atoms with Crippen molar-refractivity contribution in [2.24, 2.45) is 0 Å². The van der Waals surface area contributed by atoms with Crippen molar-refractivity contribution in [1.82, 2.24) is 5.32 Å². The summed E-state index contributed by atoms with van der Waals surface area (Å²) in [6.07, 6.45) is 70.4. The molecule has 0 radical (unpaired) electrons. The normalized spacial score (nSPS) is 12.8. The Bertz CT molecular complexity index is 1090. The molecule has 3 N–H and O–H groups in total. The lowest BCUT2D eigenvalue weighted by Gasteiger charge is -2.20. The van der Waals surface area contributed by atoms with Gasteiger partial charge >= 0.3 is 5.97 Å². The lowest BCUT2D eigenvalue weighted by Crippen LogP contribution is -2.45. The van der Waals surface area contributed by atoms with Gasteiger partial charge in [-0.15, -0.1) is 0 Å². The van der Waals surface area contributed by atoms with Gasteiger partial charge in [0.05, 0.1) is 25.4 Å². The fourth-order valence-electron chi connectivity index (χ4n) is 9.08. The van der Waals surface area contributed by atoms with E-state index in [-0.39, 0.29) is 18.5 Å². The van der Waals surface area contributed by atoms with Gasteiger partial charge in [0.1, 0.15) is 0 Å². The number of rotatable bonds is 55. The number of hydrogen-bond donors (Lipinski definition) is 3. The number of allylic oxidation sites excluding steroid dienone is 5. The van der Waals surface area contributed by atoms with Crippen molar-refractivity contribution in [3.63, 3.8) is 0 Å². The van der Waals surface area contributed by atoms with Gasteiger partial charge in [0.2, 0.25) is 5.91 Å². The third-order valence-corrected chi connectivity index (χ3v) is 13.7. The summed E-state index contributed by atoms with van der Waals surface area (Å²) in [4.78, 5) is 24.4. The first kappa shape index (κ1) is 65.1. The molecule has 0 aliphatic carbocycles. The van der Waals surface area contributed by atoms with Crippen LogP contribution < -0.4 is 5.32 Å². The van der Waals surface area contributed by atoms with Crippen LogP contribution in [-0.4, -0.2) is 47.4 Å². The van der Waals surface area contributed by atoms with Crippen molar-refractivity contribution in [2.75, 3.05) is 13.2 Å². The number of aliphatic hydroxyl groups excluding tert-OH is 2. The minimum atomic E-state index is -0.845. The van der Waals surface area contributed by atoms with Crippen LogP contribution >= 0.6 is 0 Å². The van der Waals surface area contributed by atoms with Crippen LogP contribution in [0.15, 0.2) is 36.5 Å². The van der Waals surface area contributed by atoms with Crippen LogP contribution in [0.5, 0.6) is 0 Å². The monoisotopic (exact) mass is 942 g/mol. The van der Waals surface area contributed by atoms with E-state index in [1.807, 2.05) is 6.08 Å². The Kier molecular flexibility index (Phi) is 55.0. The van der Waals surface area contributed by atoms with Crippen LogP contribution in [0.25, 0.3) is 0 Å². The van der Waals surface area contributed by atoms with Gasteiger partial charge in [-0.3, -0.25) is 9.59 Å². The van der Waals surface area contributed by atoms with Gasteiger partial charge < -0.3 is 20.3 Å². The molecule has 0 heterocycles. The maximum atomic E-state index is 12.4. The second-order valence-corrected chi connectivity index (χ2v) is 20.3. The summed E-state index contributed by atoms with van der Waals surface area (Å²) >= 11 is 0. The van der Waals surface area contributed by atoms with Crippen LogP contribution in [-0.2, 0) is 14.3 Å². The summed E-state index contributed by atoms with van der Waals surface area (Å²) in [5.41, 5.74) is 0. The molecule has 0 aromatic heterocycles. The number of carbonyl (C=O) groups is 2. The minimum Gasteiger partial charge on any atom is -0.466 e. The topological polar surface area (TPSA) is 95.9 Å². The van der Waals surface area contributed by atoms with E-state index in [4.69, 9.17) is 4.74 Å². The molecular formula is C61H115NO5. The molecule has 2 unspecified atom stereocenters. The highest BCUT2D eigenvalue weighted by molar-refractivity contribution is 5.76. The first-order valence-electron chi connectivity index (χ1n) is 29.8. The van der Waals surface area contributed by atoms with E-state index in [1.165, 1.54) is 244 Å². The Morgan fingerprint density at radius 1 is 0.418 bits per heavy atom. The van der Waals surface area contributed by atoms with Gasteiger partial charge in [-0.1, -0.05) is 275 Å². The van der Waals surface area contributed by atoms with Crippen molar-refractivity contribution >= 4 is 11.9 Å². The van der Waals surface area contributed by atoms with Gasteiger partial charge in [-0.25, -0.2) is 0 Å². The van der Waals surface area contributed by atoms with E-state index in [9.17, 15) is 19.8 Å². The molecule has 0 bridgehead atoms. The number of nitrogens with one attached hydrogen (secondary N) is 1. The molecule has 0 saturated carbocycles. The Hall–Kier alpha value is -1.92. The predicted molar refractivity (Wildman–Crippen MR) is 292 cm³/mol. The van der Waals surface area contributed by atoms with Crippen LogP contribution in [0.1, 0.15) is 316 Å². The van der Waals surface area contributed by atoms with Crippen LogP contribution in [0.3, 0.4) is 0 Å². The molecule has 0 saturated heterocycles. The highest BCUT2D eigenvalue weighted by Gasteiger charge is 2.18. The zero-order chi connectivity index (χ0) is 48.6. The molecule has 0 aromatic rings. The van der Waals surface area contributed by atoms with Gasteiger partial charge in [0, 0.05) is 12.8 Å². The van der Waals surface area contributed by atoms with E-state index < -0.39 is 12.1 Å². The molecule has 67 heavy (non-hydrogen) atoms. The number of ether oxygens (including phenoxy) is 1. The van der Waals surface area contributed by atoms with E-state index >= 15 is 0 Å². The van der Waals surface area contributed by atoms with Gasteiger partial charge in [0.25, 0.3) is 0 Å². The molecule has 6 nitrogen and oxygen atoms in total. The Morgan fingerprint density at radius 3 is 1.13 bits per heavy atom. The molecule has 0 spiro atoms. The van der Waals surface area contributed by atoms with Crippen molar-refractivity contribution in [2.45, 2.75) is 328 Å². The van der Waals surface area contributed by atoms with Gasteiger partial charge in [-0.05, 0) is 64.2 Å². The van der Waals surface area contributed by atoms with E-state index in [0.29, 0.717) is 19.4 Å². The van der Waals surface area contributed by atoms with Crippen molar-refractivity contribution in [3.8, 4) is 0 Å². The van der Waals surface area contributed by atoms with E-state index in [2.05, 4.69) is 43.5 Å². The quantitative estimate of drug-likeness (QED) is 0.0321. The molecule has 1 amide bonds. The van der Waals surface area contributed by atoms with Crippen LogP contribution in [0, 0.1) is 0 Å². The zero-order valence-electron chi connectivity index (χ0n) is 44.9. The first-order chi connectivity index (χ1) is 33.0. The lowest BCUT2D eigenvalue weighted by molar-refractivity contribution is -0.143. The number of unbranched alkanes of at least 4 members (excludes halogenated alkanes) is 40. The summed E-state index contributed by atoms with van der Waals surface area (Å²) in [6, 6.07) is -0.629. The van der Waals surface area contributed by atoms with Gasteiger partial charge in [-0.2, -0.15) is 0 Å². The standard InChI is InChI=1S/C61H115NO5/c1-3-5-7-9-11-13-15-35-39-43-47-51-55-61(66)67-56-52-48-44-40-36-32-30-28-26-24-22-20-18-16-17-19-21-23-25-27-29-31-34-38-42-46-50-54-60(65)62-58(57-63)59(64)53-49-45-41-37-33-14-12-10-8-6-4-2/h16-17,20,22,49,53,58-59,63-64H,3-15,18-19,21,23-48,50-52,54-57H2,1-2H3,(H,62,65)/b17-16-,22-20-,53-49+. The summed E-state index contributed by atoms with van der Waals surface area (Å²) in [6.45, 7) is 4.89. The minimum absolute atomic E-state index is 0.0106. The molecular weight excluding hydrogens is 827 g/mol. The van der Waals surface area contributed by atoms with Crippen molar-refractivity contribution in [1.29, 1.82) is 0 Å². The van der Waals surface area contributed by atoms with E-state index in [1.54, 1.807) is 6.08 Å². The summed E-state index contributed by atoms with van der Waals surface area (Å²) < 4.78 is 5.47. The average Bonchev–Trinajstić information content (AvgIpc) is 3.33. The van der Waals surface area contributed by atoms with Crippen LogP contribution in [0.2, 0.25) is 0 Å². The largest absolute Gasteiger partial charge is 0.466 e. The van der Waals surface area contributed by atoms with Crippen molar-refractivity contribution < 1.29 is 24.5 Å². The highest BCUT2D eigenvalue weighted by Crippen LogP contribution is 2.16. The number of esters is 1. The van der Waals surface area contributed by atoms with E-state index in [0.717, 1.165) is 44.9 Å². The summed E-state index contributed by atoms with van der Waals surface area (Å²) in [7, 11) is 0. The summed E-state index contributed by atoms with van der Waals surface area (Å²) in [5, 5.41) is 23.0. The number of aliphatic hydroxyl groups is 2. The maximum Gasteiger partial charge on any atom is 0.305 e. The molecule has 0 aliphatic heterocycles. The number of carbonyl (C=O) groups excluding carboxylic acids is 2. The maximum absolute atomic E-state index is 12.4. The lowest BCUT2D eigenvalue weighted by atomic mass is 10.0. The molecule has 0 aromatic carbocycles. The molecule has 2 atom stereocenters. The Morgan fingerprint density at radius 2 is 0.746 bits per heavy atom. The first-order valence-corrected chi connectivity index (χ1v) is 29.8. The second kappa shape index (κ2) is 56.7. The molecule has 394 valence electrons. The van der Waals surface area contributed by atoms with Crippen LogP contribution in [0.4, 0.5) is 0 Å². The second-order valence-electron chi connectivity index (χ2n) is 20.3. The smallest absolute Gasteiger partial charge is 0.305 e. The molecule has 6 heteroatoms. The summed E-state index contributed by atoms with van der Waals surface area (Å²) in [5.74, 6) is -0.0616. The van der Waals surface area contributed by atoms with Gasteiger partial charge in [0.15, 0.2) is 0 Å². The third-order valence-electron chi connectivity index (χ3n) is 13.7. The molecule has 0 fully saturated rings. The predicted octanol–water partition coefficient (Wildman–Crippen LogP) is 18.4. The average molecular weight is 943 g/mol. The molecule has 0 aliphatic rings. The third kappa shape index (κ3) is 53.3.